The molecular weight excluding hydrogens is 256 g/mol. The fraction of sp³-hybridized carbons (Fsp3) is 0.700. The molecule has 0 radical (unpaired) electrons. The maximum atomic E-state index is 11.2. The third-order valence-corrected chi connectivity index (χ3v) is 4.01. The molecule has 0 aromatic carbocycles. The number of aromatic amines is 1. The van der Waals surface area contributed by atoms with Gasteiger partial charge in [-0.1, -0.05) is 18.7 Å². The number of carbonyl (C=O) groups is 1. The lowest BCUT2D eigenvalue weighted by Crippen LogP contribution is -2.49. The predicted octanol–water partition coefficient (Wildman–Crippen LogP) is 0.0418. The van der Waals surface area contributed by atoms with Gasteiger partial charge in [0.25, 0.3) is 0 Å². The number of nitrogens with one attached hydrogen (secondary N) is 2. The van der Waals surface area contributed by atoms with Crippen LogP contribution in [0.1, 0.15) is 20.3 Å². The van der Waals surface area contributed by atoms with Crippen molar-refractivity contribution in [2.45, 2.75) is 36.2 Å². The minimum Gasteiger partial charge on any atom is -0.480 e. The molecule has 0 aliphatic carbocycles. The third kappa shape index (κ3) is 3.14. The van der Waals surface area contributed by atoms with Crippen molar-refractivity contribution in [3.63, 3.8) is 0 Å². The van der Waals surface area contributed by atoms with E-state index in [1.807, 2.05) is 6.92 Å². The zero-order valence-electron chi connectivity index (χ0n) is 10.9. The summed E-state index contributed by atoms with van der Waals surface area (Å²) in [5, 5.41) is 18.7. The standard InChI is InChI=1S/C10H18N4O3S/c1-6(5-10(2,11-3)7(15)16)18-9-13-12-8(17)14(9)4/h6,11H,5H2,1-4H3,(H,12,17)(H,15,16). The molecule has 0 saturated carbocycles. The first kappa shape index (κ1) is 14.8. The number of nitrogens with zero attached hydrogens (tertiary/aromatic N) is 2. The Morgan fingerprint density at radius 3 is 2.72 bits per heavy atom. The van der Waals surface area contributed by atoms with Gasteiger partial charge in [0.15, 0.2) is 5.16 Å². The van der Waals surface area contributed by atoms with Crippen LogP contribution >= 0.6 is 11.8 Å². The van der Waals surface area contributed by atoms with Crippen molar-refractivity contribution >= 4 is 17.7 Å². The van der Waals surface area contributed by atoms with Crippen LogP contribution in [0.4, 0.5) is 0 Å². The molecule has 0 spiro atoms. The van der Waals surface area contributed by atoms with Gasteiger partial charge in [-0.05, 0) is 20.4 Å². The minimum absolute atomic E-state index is 0.00690. The van der Waals surface area contributed by atoms with Crippen molar-refractivity contribution in [1.29, 1.82) is 0 Å². The molecule has 2 unspecified atom stereocenters. The van der Waals surface area contributed by atoms with Gasteiger partial charge in [-0.25, -0.2) is 9.89 Å². The molecule has 8 heteroatoms. The molecular formula is C10H18N4O3S. The quantitative estimate of drug-likeness (QED) is 0.633. The molecule has 0 bridgehead atoms. The fourth-order valence-electron chi connectivity index (χ4n) is 1.53. The summed E-state index contributed by atoms with van der Waals surface area (Å²) < 4.78 is 1.40. The monoisotopic (exact) mass is 274 g/mol. The van der Waals surface area contributed by atoms with E-state index < -0.39 is 11.5 Å². The number of H-pyrrole nitrogens is 1. The zero-order valence-corrected chi connectivity index (χ0v) is 11.7. The number of hydrogen-bond donors (Lipinski definition) is 3. The van der Waals surface area contributed by atoms with E-state index >= 15 is 0 Å². The summed E-state index contributed by atoms with van der Waals surface area (Å²) in [6.07, 6.45) is 0.421. The lowest BCUT2D eigenvalue weighted by molar-refractivity contribution is -0.144. The lowest BCUT2D eigenvalue weighted by Gasteiger charge is -2.26. The largest absolute Gasteiger partial charge is 0.480 e. The summed E-state index contributed by atoms with van der Waals surface area (Å²) in [4.78, 5) is 22.4. The molecule has 0 aliphatic rings. The molecule has 18 heavy (non-hydrogen) atoms. The molecule has 1 aromatic rings. The number of carboxylic acids is 1. The normalized spacial score (nSPS) is 16.2. The topological polar surface area (TPSA) is 100 Å². The number of hydrogen-bond acceptors (Lipinski definition) is 5. The average Bonchev–Trinajstić information content (AvgIpc) is 2.60. The van der Waals surface area contributed by atoms with Crippen LogP contribution in [-0.2, 0) is 11.8 Å². The summed E-state index contributed by atoms with van der Waals surface area (Å²) in [5.74, 6) is -0.895. The van der Waals surface area contributed by atoms with Crippen LogP contribution in [0.25, 0.3) is 0 Å². The number of aromatic nitrogens is 3. The lowest BCUT2D eigenvalue weighted by atomic mass is 9.97. The molecule has 3 N–H and O–H groups in total. The van der Waals surface area contributed by atoms with Gasteiger partial charge in [0.1, 0.15) is 5.54 Å². The predicted molar refractivity (Wildman–Crippen MR) is 68.9 cm³/mol. The van der Waals surface area contributed by atoms with Crippen molar-refractivity contribution in [1.82, 2.24) is 20.1 Å². The van der Waals surface area contributed by atoms with Crippen LogP contribution in [0.15, 0.2) is 9.95 Å². The second-order valence-electron chi connectivity index (χ2n) is 4.39. The molecule has 0 amide bonds. The van der Waals surface area contributed by atoms with Crippen molar-refractivity contribution < 1.29 is 9.90 Å². The van der Waals surface area contributed by atoms with E-state index in [9.17, 15) is 9.59 Å². The van der Waals surface area contributed by atoms with Crippen LogP contribution in [0, 0.1) is 0 Å². The summed E-state index contributed by atoms with van der Waals surface area (Å²) in [6.45, 7) is 3.54. The Morgan fingerprint density at radius 1 is 1.72 bits per heavy atom. The van der Waals surface area contributed by atoms with Gasteiger partial charge in [0.2, 0.25) is 0 Å². The van der Waals surface area contributed by atoms with Gasteiger partial charge in [0.05, 0.1) is 0 Å². The van der Waals surface area contributed by atoms with E-state index in [1.54, 1.807) is 21.0 Å². The zero-order chi connectivity index (χ0) is 13.9. The van der Waals surface area contributed by atoms with E-state index in [-0.39, 0.29) is 10.9 Å². The highest BCUT2D eigenvalue weighted by atomic mass is 32.2. The maximum Gasteiger partial charge on any atom is 0.343 e. The Kier molecular flexibility index (Phi) is 4.58. The van der Waals surface area contributed by atoms with Crippen molar-refractivity contribution in [3.05, 3.63) is 10.5 Å². The molecule has 2 atom stereocenters. The molecule has 1 rings (SSSR count). The van der Waals surface area contributed by atoms with Gasteiger partial charge >= 0.3 is 11.7 Å². The van der Waals surface area contributed by atoms with Crippen LogP contribution in [0.3, 0.4) is 0 Å². The van der Waals surface area contributed by atoms with Gasteiger partial charge in [0, 0.05) is 12.3 Å². The number of likely N-dealkylation sites (N-methyl/N-ethyl adjacent to an activating group) is 1. The van der Waals surface area contributed by atoms with Crippen LogP contribution < -0.4 is 11.0 Å². The number of rotatable bonds is 6. The highest BCUT2D eigenvalue weighted by molar-refractivity contribution is 7.99. The minimum atomic E-state index is -0.985. The van der Waals surface area contributed by atoms with E-state index in [2.05, 4.69) is 15.5 Å². The van der Waals surface area contributed by atoms with E-state index in [1.165, 1.54) is 16.3 Å². The molecule has 0 aliphatic heterocycles. The highest BCUT2D eigenvalue weighted by Gasteiger charge is 2.33. The Labute approximate surface area is 109 Å². The first-order valence-electron chi connectivity index (χ1n) is 5.50. The Hall–Kier alpha value is -1.28. The summed E-state index contributed by atoms with van der Waals surface area (Å²) in [6, 6.07) is 0. The van der Waals surface area contributed by atoms with Crippen molar-refractivity contribution in [2.24, 2.45) is 7.05 Å². The maximum absolute atomic E-state index is 11.2. The molecule has 102 valence electrons. The molecule has 7 nitrogen and oxygen atoms in total. The SMILES string of the molecule is CNC(C)(CC(C)Sc1n[nH]c(=O)n1C)C(=O)O. The van der Waals surface area contributed by atoms with E-state index in [0.717, 1.165) is 0 Å². The second-order valence-corrected chi connectivity index (χ2v) is 5.80. The Bertz CT molecular complexity index is 484. The van der Waals surface area contributed by atoms with Crippen LogP contribution in [0.5, 0.6) is 0 Å². The smallest absolute Gasteiger partial charge is 0.343 e. The van der Waals surface area contributed by atoms with Gasteiger partial charge in [-0.15, -0.1) is 5.10 Å². The first-order chi connectivity index (χ1) is 8.30. The molecule has 0 saturated heterocycles. The first-order valence-corrected chi connectivity index (χ1v) is 6.38. The van der Waals surface area contributed by atoms with Gasteiger partial charge < -0.3 is 10.4 Å². The van der Waals surface area contributed by atoms with Crippen LogP contribution in [-0.4, -0.2) is 43.7 Å². The number of aliphatic carboxylic acids is 1. The summed E-state index contributed by atoms with van der Waals surface area (Å²) >= 11 is 1.37. The van der Waals surface area contributed by atoms with Gasteiger partial charge in [-0.3, -0.25) is 9.36 Å². The summed E-state index contributed by atoms with van der Waals surface area (Å²) in [5.41, 5.74) is -1.26. The average molecular weight is 274 g/mol. The molecule has 1 heterocycles. The molecule has 0 fully saturated rings. The third-order valence-electron chi connectivity index (χ3n) is 2.86. The fourth-order valence-corrected chi connectivity index (χ4v) is 2.65. The van der Waals surface area contributed by atoms with Crippen molar-refractivity contribution in [3.8, 4) is 0 Å². The van der Waals surface area contributed by atoms with Gasteiger partial charge in [-0.2, -0.15) is 0 Å². The molecule has 1 aromatic heterocycles. The number of carboxylic acid groups (broad SMARTS) is 1. The highest BCUT2D eigenvalue weighted by Crippen LogP contribution is 2.26. The Balaban J connectivity index is 2.72. The summed E-state index contributed by atoms with van der Waals surface area (Å²) in [7, 11) is 3.24. The van der Waals surface area contributed by atoms with Crippen LogP contribution in [0.2, 0.25) is 0 Å². The second kappa shape index (κ2) is 5.57. The number of thioether (sulfide) groups is 1. The Morgan fingerprint density at radius 2 is 2.33 bits per heavy atom. The van der Waals surface area contributed by atoms with E-state index in [0.29, 0.717) is 11.6 Å². The van der Waals surface area contributed by atoms with E-state index in [4.69, 9.17) is 5.11 Å². The van der Waals surface area contributed by atoms with Crippen molar-refractivity contribution in [2.75, 3.05) is 7.05 Å².